The lowest BCUT2D eigenvalue weighted by Gasteiger charge is -2.17. The number of rotatable bonds is 4. The first-order valence-corrected chi connectivity index (χ1v) is 5.18. The lowest BCUT2D eigenvalue weighted by molar-refractivity contribution is 0.0149. The van der Waals surface area contributed by atoms with E-state index >= 15 is 0 Å². The van der Waals surface area contributed by atoms with E-state index in [1.807, 2.05) is 0 Å². The molecule has 1 heterocycles. The second-order valence-corrected chi connectivity index (χ2v) is 3.70. The number of benzene rings is 1. The summed E-state index contributed by atoms with van der Waals surface area (Å²) in [5.74, 6) is 1.25. The van der Waals surface area contributed by atoms with E-state index in [9.17, 15) is 10.2 Å². The summed E-state index contributed by atoms with van der Waals surface area (Å²) in [5.41, 5.74) is 5.92. The Balaban J connectivity index is 2.14. The molecule has 1 aliphatic rings. The highest BCUT2D eigenvalue weighted by Crippen LogP contribution is 2.34. The lowest BCUT2D eigenvalue weighted by Crippen LogP contribution is -2.21. The quantitative estimate of drug-likeness (QED) is 0.679. The molecule has 4 N–H and O–H groups in total. The number of nitrogens with two attached hydrogens (primary N) is 1. The molecule has 0 radical (unpaired) electrons. The van der Waals surface area contributed by atoms with Crippen molar-refractivity contribution in [1.82, 2.24) is 0 Å². The van der Waals surface area contributed by atoms with Gasteiger partial charge in [-0.25, -0.2) is 0 Å². The predicted molar refractivity (Wildman–Crippen MR) is 57.2 cm³/mol. The maximum absolute atomic E-state index is 9.85. The molecule has 0 aromatic heterocycles. The van der Waals surface area contributed by atoms with Crippen molar-refractivity contribution in [3.05, 3.63) is 23.8 Å². The maximum Gasteiger partial charge on any atom is 0.231 e. The van der Waals surface area contributed by atoms with Crippen LogP contribution >= 0.6 is 0 Å². The van der Waals surface area contributed by atoms with Crippen LogP contribution in [0.4, 0.5) is 0 Å². The first-order chi connectivity index (χ1) is 7.72. The van der Waals surface area contributed by atoms with Crippen molar-refractivity contribution in [2.24, 2.45) is 5.73 Å². The molecule has 2 unspecified atom stereocenters. The zero-order valence-corrected chi connectivity index (χ0v) is 8.80. The Hall–Kier alpha value is -1.30. The van der Waals surface area contributed by atoms with Gasteiger partial charge in [0.15, 0.2) is 11.5 Å². The van der Waals surface area contributed by atoms with E-state index in [0.717, 1.165) is 0 Å². The first kappa shape index (κ1) is 11.2. The van der Waals surface area contributed by atoms with Gasteiger partial charge in [0.2, 0.25) is 6.79 Å². The molecule has 0 saturated heterocycles. The Morgan fingerprint density at radius 2 is 2.00 bits per heavy atom. The van der Waals surface area contributed by atoms with Crippen molar-refractivity contribution >= 4 is 0 Å². The van der Waals surface area contributed by atoms with Crippen LogP contribution in [0.1, 0.15) is 18.1 Å². The summed E-state index contributed by atoms with van der Waals surface area (Å²) >= 11 is 0. The van der Waals surface area contributed by atoms with Gasteiger partial charge in [0, 0.05) is 0 Å². The fourth-order valence-electron chi connectivity index (χ4n) is 1.65. The molecule has 2 atom stereocenters. The van der Waals surface area contributed by atoms with Gasteiger partial charge in [0.05, 0.1) is 6.10 Å². The Bertz CT molecular complexity index is 369. The second-order valence-electron chi connectivity index (χ2n) is 3.70. The van der Waals surface area contributed by atoms with Gasteiger partial charge in [0.1, 0.15) is 6.10 Å². The number of ether oxygens (including phenoxy) is 2. The predicted octanol–water partition coefficient (Wildman–Crippen LogP) is 0.158. The fraction of sp³-hybridized carbons (Fsp3) is 0.455. The van der Waals surface area contributed by atoms with Crippen LogP contribution in [0.2, 0.25) is 0 Å². The average molecular weight is 225 g/mol. The second kappa shape index (κ2) is 4.69. The monoisotopic (exact) mass is 225 g/mol. The van der Waals surface area contributed by atoms with Crippen LogP contribution in [0.25, 0.3) is 0 Å². The Morgan fingerprint density at radius 3 is 2.75 bits per heavy atom. The van der Waals surface area contributed by atoms with E-state index in [2.05, 4.69) is 0 Å². The molecule has 0 bridgehead atoms. The molecule has 0 amide bonds. The molecule has 1 aliphatic heterocycles. The van der Waals surface area contributed by atoms with Gasteiger partial charge in [-0.05, 0) is 30.7 Å². The highest BCUT2D eigenvalue weighted by atomic mass is 16.7. The van der Waals surface area contributed by atoms with Gasteiger partial charge in [-0.2, -0.15) is 0 Å². The van der Waals surface area contributed by atoms with E-state index < -0.39 is 12.2 Å². The minimum Gasteiger partial charge on any atom is -0.454 e. The average Bonchev–Trinajstić information content (AvgIpc) is 2.75. The molecule has 1 aromatic rings. The molecule has 0 spiro atoms. The number of fused-ring (bicyclic) bond motifs is 1. The van der Waals surface area contributed by atoms with Gasteiger partial charge in [-0.1, -0.05) is 6.07 Å². The Morgan fingerprint density at radius 1 is 1.25 bits per heavy atom. The molecule has 16 heavy (non-hydrogen) atoms. The van der Waals surface area contributed by atoms with E-state index in [4.69, 9.17) is 15.2 Å². The van der Waals surface area contributed by atoms with Crippen LogP contribution in [0.15, 0.2) is 18.2 Å². The summed E-state index contributed by atoms with van der Waals surface area (Å²) in [6.45, 7) is 0.531. The maximum atomic E-state index is 9.85. The third-order valence-corrected chi connectivity index (χ3v) is 2.57. The molecule has 88 valence electrons. The first-order valence-electron chi connectivity index (χ1n) is 5.18. The Labute approximate surface area is 93.4 Å². The third-order valence-electron chi connectivity index (χ3n) is 2.57. The minimum absolute atomic E-state index is 0.195. The van der Waals surface area contributed by atoms with Gasteiger partial charge in [-0.3, -0.25) is 0 Å². The molecule has 0 saturated carbocycles. The standard InChI is InChI=1S/C11H15NO4/c12-4-3-8(13)11(14)7-1-2-9-10(5-7)16-6-15-9/h1-2,5,8,11,13-14H,3-4,6,12H2. The summed E-state index contributed by atoms with van der Waals surface area (Å²) in [7, 11) is 0. The van der Waals surface area contributed by atoms with Crippen molar-refractivity contribution in [3.8, 4) is 11.5 Å². The molecule has 0 aliphatic carbocycles. The van der Waals surface area contributed by atoms with Crippen molar-refractivity contribution in [1.29, 1.82) is 0 Å². The van der Waals surface area contributed by atoms with Crippen molar-refractivity contribution in [2.75, 3.05) is 13.3 Å². The van der Waals surface area contributed by atoms with Crippen LogP contribution < -0.4 is 15.2 Å². The molecular weight excluding hydrogens is 210 g/mol. The smallest absolute Gasteiger partial charge is 0.231 e. The van der Waals surface area contributed by atoms with Crippen LogP contribution in [-0.2, 0) is 0 Å². The van der Waals surface area contributed by atoms with E-state index in [-0.39, 0.29) is 6.79 Å². The lowest BCUT2D eigenvalue weighted by atomic mass is 10.0. The van der Waals surface area contributed by atoms with E-state index in [1.54, 1.807) is 18.2 Å². The van der Waals surface area contributed by atoms with Gasteiger partial charge < -0.3 is 25.4 Å². The van der Waals surface area contributed by atoms with Gasteiger partial charge >= 0.3 is 0 Å². The van der Waals surface area contributed by atoms with Crippen LogP contribution in [0.5, 0.6) is 11.5 Å². The number of hydrogen-bond donors (Lipinski definition) is 3. The highest BCUT2D eigenvalue weighted by molar-refractivity contribution is 5.45. The summed E-state index contributed by atoms with van der Waals surface area (Å²) in [6, 6.07) is 5.10. The van der Waals surface area contributed by atoms with Crippen molar-refractivity contribution in [2.45, 2.75) is 18.6 Å². The van der Waals surface area contributed by atoms with Crippen molar-refractivity contribution < 1.29 is 19.7 Å². The van der Waals surface area contributed by atoms with Crippen molar-refractivity contribution in [3.63, 3.8) is 0 Å². The zero-order valence-electron chi connectivity index (χ0n) is 8.80. The summed E-state index contributed by atoms with van der Waals surface area (Å²) in [4.78, 5) is 0. The number of hydrogen-bond acceptors (Lipinski definition) is 5. The van der Waals surface area contributed by atoms with E-state index in [1.165, 1.54) is 0 Å². The molecule has 0 fully saturated rings. The highest BCUT2D eigenvalue weighted by Gasteiger charge is 2.21. The largest absolute Gasteiger partial charge is 0.454 e. The fourth-order valence-corrected chi connectivity index (χ4v) is 1.65. The van der Waals surface area contributed by atoms with Gasteiger partial charge in [-0.15, -0.1) is 0 Å². The molecule has 5 heteroatoms. The van der Waals surface area contributed by atoms with Crippen LogP contribution in [0, 0.1) is 0 Å². The summed E-state index contributed by atoms with van der Waals surface area (Å²) in [5, 5.41) is 19.5. The third kappa shape index (κ3) is 2.11. The van der Waals surface area contributed by atoms with Gasteiger partial charge in [0.25, 0.3) is 0 Å². The van der Waals surface area contributed by atoms with E-state index in [0.29, 0.717) is 30.0 Å². The summed E-state index contributed by atoms with van der Waals surface area (Å²) in [6.07, 6.45) is -1.45. The number of aliphatic hydroxyl groups is 2. The Kier molecular flexibility index (Phi) is 3.28. The van der Waals surface area contributed by atoms with Crippen LogP contribution in [-0.4, -0.2) is 29.7 Å². The minimum atomic E-state index is -0.946. The molecule has 1 aromatic carbocycles. The summed E-state index contributed by atoms with van der Waals surface area (Å²) < 4.78 is 10.3. The molecular formula is C11H15NO4. The topological polar surface area (TPSA) is 84.9 Å². The molecule has 5 nitrogen and oxygen atoms in total. The molecule has 2 rings (SSSR count). The van der Waals surface area contributed by atoms with Crippen LogP contribution in [0.3, 0.4) is 0 Å². The zero-order chi connectivity index (χ0) is 11.5. The SMILES string of the molecule is NCCC(O)C(O)c1ccc2c(c1)OCO2. The number of aliphatic hydroxyl groups excluding tert-OH is 2. The normalized spacial score (nSPS) is 17.2.